The molecule has 2 atom stereocenters. The molecule has 9 heteroatoms. The Labute approximate surface area is 208 Å². The molecule has 0 unspecified atom stereocenters. The van der Waals surface area contributed by atoms with Crippen molar-refractivity contribution >= 4 is 21.8 Å². The monoisotopic (exact) mass is 500 g/mol. The third kappa shape index (κ3) is 8.76. The maximum atomic E-state index is 13.2. The topological polar surface area (TPSA) is 108 Å². The number of nitrogens with zero attached hydrogens (tertiary/aromatic N) is 1. The predicted octanol–water partition coefficient (Wildman–Crippen LogP) is 1.95. The molecule has 2 amide bonds. The molecule has 1 aliphatic heterocycles. The van der Waals surface area contributed by atoms with Gasteiger partial charge in [0.15, 0.2) is 0 Å². The molecule has 2 aromatic carbocycles. The van der Waals surface area contributed by atoms with Crippen LogP contribution in [0.3, 0.4) is 0 Å². The molecular formula is C26H36N4O4S. The summed E-state index contributed by atoms with van der Waals surface area (Å²) in [5.74, 6) is -0.0153. The van der Waals surface area contributed by atoms with Gasteiger partial charge >= 0.3 is 0 Å². The number of benzene rings is 2. The lowest BCUT2D eigenvalue weighted by Crippen LogP contribution is -2.56. The Morgan fingerprint density at radius 1 is 1.11 bits per heavy atom. The molecule has 3 N–H and O–H groups in total. The number of rotatable bonds is 12. The van der Waals surface area contributed by atoms with Crippen molar-refractivity contribution in [1.29, 1.82) is 0 Å². The van der Waals surface area contributed by atoms with Crippen LogP contribution >= 0.6 is 0 Å². The second kappa shape index (κ2) is 12.8. The summed E-state index contributed by atoms with van der Waals surface area (Å²) in [6.07, 6.45) is 1.57. The first-order valence-corrected chi connectivity index (χ1v) is 13.8. The van der Waals surface area contributed by atoms with Crippen LogP contribution in [-0.4, -0.2) is 56.1 Å². The van der Waals surface area contributed by atoms with E-state index in [1.54, 1.807) is 0 Å². The molecule has 1 heterocycles. The summed E-state index contributed by atoms with van der Waals surface area (Å²) >= 11 is 0. The standard InChI is InChI=1S/C26H36N4O4S/c1-3-14-35(33,34)28-18-23-11-7-10-22(15-23)16-24(29-20(2)31)17-25-26(32)30(13-12-27-25)19-21-8-5-4-6-9-21/h4-11,15,24-25,27-28H,3,12-14,16-19H2,1-2H3,(H,29,31)/t24-,25-/m0/s1. The van der Waals surface area contributed by atoms with Crippen molar-refractivity contribution < 1.29 is 18.0 Å². The molecular weight excluding hydrogens is 464 g/mol. The molecule has 0 spiro atoms. The van der Waals surface area contributed by atoms with E-state index in [-0.39, 0.29) is 36.2 Å². The lowest BCUT2D eigenvalue weighted by molar-refractivity contribution is -0.137. The van der Waals surface area contributed by atoms with Crippen LogP contribution in [0.1, 0.15) is 43.4 Å². The van der Waals surface area contributed by atoms with Gasteiger partial charge < -0.3 is 15.5 Å². The van der Waals surface area contributed by atoms with E-state index in [2.05, 4.69) is 15.4 Å². The Morgan fingerprint density at radius 2 is 1.83 bits per heavy atom. The summed E-state index contributed by atoms with van der Waals surface area (Å²) in [7, 11) is -3.29. The minimum atomic E-state index is -3.29. The largest absolute Gasteiger partial charge is 0.353 e. The van der Waals surface area contributed by atoms with E-state index >= 15 is 0 Å². The van der Waals surface area contributed by atoms with E-state index in [4.69, 9.17) is 0 Å². The minimum Gasteiger partial charge on any atom is -0.353 e. The smallest absolute Gasteiger partial charge is 0.240 e. The number of piperazine rings is 1. The van der Waals surface area contributed by atoms with Gasteiger partial charge in [-0.2, -0.15) is 0 Å². The van der Waals surface area contributed by atoms with Crippen molar-refractivity contribution in [2.75, 3.05) is 18.8 Å². The Morgan fingerprint density at radius 3 is 2.54 bits per heavy atom. The van der Waals surface area contributed by atoms with Gasteiger partial charge in [0, 0.05) is 39.1 Å². The van der Waals surface area contributed by atoms with Crippen LogP contribution in [-0.2, 0) is 39.1 Å². The maximum absolute atomic E-state index is 13.2. The van der Waals surface area contributed by atoms with E-state index in [1.165, 1.54) is 6.92 Å². The average molecular weight is 501 g/mol. The molecule has 0 radical (unpaired) electrons. The van der Waals surface area contributed by atoms with Crippen molar-refractivity contribution in [3.63, 3.8) is 0 Å². The Kier molecular flexibility index (Phi) is 9.83. The molecule has 35 heavy (non-hydrogen) atoms. The second-order valence-corrected chi connectivity index (χ2v) is 11.0. The SMILES string of the molecule is CCCS(=O)(=O)NCc1cccc(C[C@@H](C[C@@H]2NCCN(Cc3ccccc3)C2=O)NC(C)=O)c1. The van der Waals surface area contributed by atoms with Gasteiger partial charge in [-0.1, -0.05) is 61.5 Å². The van der Waals surface area contributed by atoms with Gasteiger partial charge in [0.1, 0.15) is 0 Å². The van der Waals surface area contributed by atoms with Gasteiger partial charge in [0.25, 0.3) is 0 Å². The Hall–Kier alpha value is -2.75. The van der Waals surface area contributed by atoms with E-state index in [1.807, 2.05) is 66.4 Å². The van der Waals surface area contributed by atoms with Crippen LogP contribution in [0.25, 0.3) is 0 Å². The van der Waals surface area contributed by atoms with Gasteiger partial charge in [-0.15, -0.1) is 0 Å². The molecule has 2 aromatic rings. The number of sulfonamides is 1. The fourth-order valence-electron chi connectivity index (χ4n) is 4.39. The van der Waals surface area contributed by atoms with Crippen LogP contribution in [0.2, 0.25) is 0 Å². The zero-order valence-electron chi connectivity index (χ0n) is 20.5. The quantitative estimate of drug-likeness (QED) is 0.413. The van der Waals surface area contributed by atoms with Crippen LogP contribution in [0, 0.1) is 0 Å². The summed E-state index contributed by atoms with van der Waals surface area (Å²) in [6, 6.07) is 17.0. The van der Waals surface area contributed by atoms with Crippen molar-refractivity contribution in [3.8, 4) is 0 Å². The zero-order valence-corrected chi connectivity index (χ0v) is 21.3. The number of amides is 2. The summed E-state index contributed by atoms with van der Waals surface area (Å²) in [6.45, 7) is 5.43. The maximum Gasteiger partial charge on any atom is 0.240 e. The van der Waals surface area contributed by atoms with Crippen molar-refractivity contribution in [2.45, 2.75) is 58.3 Å². The van der Waals surface area contributed by atoms with Gasteiger partial charge in [0.05, 0.1) is 11.8 Å². The first-order chi connectivity index (χ1) is 16.8. The fraction of sp³-hybridized carbons (Fsp3) is 0.462. The second-order valence-electron chi connectivity index (χ2n) is 9.05. The van der Waals surface area contributed by atoms with Crippen molar-refractivity contribution in [2.24, 2.45) is 0 Å². The van der Waals surface area contributed by atoms with Gasteiger partial charge in [0.2, 0.25) is 21.8 Å². The molecule has 0 aliphatic carbocycles. The highest BCUT2D eigenvalue weighted by Gasteiger charge is 2.30. The van der Waals surface area contributed by atoms with Crippen LogP contribution in [0.15, 0.2) is 54.6 Å². The highest BCUT2D eigenvalue weighted by atomic mass is 32.2. The fourth-order valence-corrected chi connectivity index (χ4v) is 5.46. The number of carbonyl (C=O) groups excluding carboxylic acids is 2. The average Bonchev–Trinajstić information content (AvgIpc) is 2.81. The molecule has 0 saturated carbocycles. The molecule has 8 nitrogen and oxygen atoms in total. The van der Waals surface area contributed by atoms with E-state index in [0.717, 1.165) is 16.7 Å². The predicted molar refractivity (Wildman–Crippen MR) is 137 cm³/mol. The molecule has 1 fully saturated rings. The zero-order chi connectivity index (χ0) is 25.3. The molecule has 3 rings (SSSR count). The lowest BCUT2D eigenvalue weighted by atomic mass is 9.96. The molecule has 1 aliphatic rings. The normalized spacial score (nSPS) is 17.3. The van der Waals surface area contributed by atoms with Gasteiger partial charge in [-0.25, -0.2) is 13.1 Å². The summed E-state index contributed by atoms with van der Waals surface area (Å²) in [4.78, 5) is 27.0. The van der Waals surface area contributed by atoms with Crippen LogP contribution in [0.4, 0.5) is 0 Å². The third-order valence-electron chi connectivity index (χ3n) is 5.97. The lowest BCUT2D eigenvalue weighted by Gasteiger charge is -2.35. The van der Waals surface area contributed by atoms with Crippen molar-refractivity contribution in [1.82, 2.24) is 20.3 Å². The molecule has 0 bridgehead atoms. The summed E-state index contributed by atoms with van der Waals surface area (Å²) < 4.78 is 26.6. The van der Waals surface area contributed by atoms with Gasteiger partial charge in [-0.3, -0.25) is 9.59 Å². The number of nitrogens with one attached hydrogen (secondary N) is 3. The summed E-state index contributed by atoms with van der Waals surface area (Å²) in [5.41, 5.74) is 2.91. The summed E-state index contributed by atoms with van der Waals surface area (Å²) in [5, 5.41) is 6.31. The van der Waals surface area contributed by atoms with Crippen LogP contribution < -0.4 is 15.4 Å². The Balaban J connectivity index is 1.65. The van der Waals surface area contributed by atoms with E-state index in [0.29, 0.717) is 38.9 Å². The third-order valence-corrected chi connectivity index (χ3v) is 7.50. The van der Waals surface area contributed by atoms with Gasteiger partial charge in [-0.05, 0) is 36.0 Å². The number of carbonyl (C=O) groups is 2. The molecule has 1 saturated heterocycles. The highest BCUT2D eigenvalue weighted by Crippen LogP contribution is 2.16. The van der Waals surface area contributed by atoms with E-state index in [9.17, 15) is 18.0 Å². The minimum absolute atomic E-state index is 0.0366. The molecule has 190 valence electrons. The van der Waals surface area contributed by atoms with Crippen LogP contribution in [0.5, 0.6) is 0 Å². The first-order valence-electron chi connectivity index (χ1n) is 12.1. The number of hydrogen-bond acceptors (Lipinski definition) is 5. The van der Waals surface area contributed by atoms with Crippen molar-refractivity contribution in [3.05, 3.63) is 71.3 Å². The first kappa shape index (κ1) is 26.8. The number of hydrogen-bond donors (Lipinski definition) is 3. The Bertz CT molecular complexity index is 1090. The van der Waals surface area contributed by atoms with E-state index < -0.39 is 10.0 Å². The highest BCUT2D eigenvalue weighted by molar-refractivity contribution is 7.89. The molecule has 0 aromatic heterocycles.